The molecule has 3 rings (SSSR count). The van der Waals surface area contributed by atoms with Gasteiger partial charge < -0.3 is 9.84 Å². The third kappa shape index (κ3) is 4.41. The summed E-state index contributed by atoms with van der Waals surface area (Å²) >= 11 is 0. The van der Waals surface area contributed by atoms with Crippen molar-refractivity contribution in [1.29, 1.82) is 0 Å². The van der Waals surface area contributed by atoms with Crippen molar-refractivity contribution in [3.05, 3.63) is 65.2 Å². The van der Waals surface area contributed by atoms with E-state index in [4.69, 9.17) is 9.84 Å². The Morgan fingerprint density at radius 1 is 0.880 bits per heavy atom. The predicted octanol–water partition coefficient (Wildman–Crippen LogP) is 5.92. The predicted molar refractivity (Wildman–Crippen MR) is 104 cm³/mol. The molecule has 0 spiro atoms. The highest BCUT2D eigenvalue weighted by atomic mass is 16.5. The molecule has 25 heavy (non-hydrogen) atoms. The summed E-state index contributed by atoms with van der Waals surface area (Å²) in [6.07, 6.45) is 3.41. The maximum Gasteiger partial charge on any atom is 0.335 e. The van der Waals surface area contributed by atoms with Gasteiger partial charge in [-0.2, -0.15) is 0 Å². The second-order valence-electron chi connectivity index (χ2n) is 5.55. The van der Waals surface area contributed by atoms with Crippen molar-refractivity contribution in [2.24, 2.45) is 0 Å². The maximum absolute atomic E-state index is 11.0. The van der Waals surface area contributed by atoms with E-state index in [0.717, 1.165) is 18.6 Å². The monoisotopic (exact) mass is 342 g/mol. The lowest BCUT2D eigenvalue weighted by Gasteiger charge is -2.43. The molecule has 1 aliphatic carbocycles. The Hall–Kier alpha value is -2.29. The second kappa shape index (κ2) is 9.87. The van der Waals surface area contributed by atoms with Crippen LogP contribution in [0.25, 0.3) is 0 Å². The molecule has 136 valence electrons. The molecule has 3 nitrogen and oxygen atoms in total. The van der Waals surface area contributed by atoms with Crippen LogP contribution in [0.5, 0.6) is 5.75 Å². The molecule has 0 aromatic heterocycles. The van der Waals surface area contributed by atoms with Crippen LogP contribution in [0.1, 0.15) is 68.4 Å². The summed E-state index contributed by atoms with van der Waals surface area (Å²) in [5.74, 6) is -0.0249. The summed E-state index contributed by atoms with van der Waals surface area (Å²) < 4.78 is 5.22. The van der Waals surface area contributed by atoms with Crippen LogP contribution in [0.2, 0.25) is 0 Å². The van der Waals surface area contributed by atoms with E-state index in [2.05, 4.69) is 12.1 Å². The van der Waals surface area contributed by atoms with Crippen LogP contribution in [0.15, 0.2) is 48.5 Å². The Balaban J connectivity index is 0.000000730. The van der Waals surface area contributed by atoms with Gasteiger partial charge in [-0.3, -0.25) is 0 Å². The first-order valence-electron chi connectivity index (χ1n) is 9.14. The number of rotatable bonds is 4. The number of ether oxygens (including phenoxy) is 1. The molecule has 0 radical (unpaired) electrons. The number of benzene rings is 2. The molecule has 1 aliphatic rings. The van der Waals surface area contributed by atoms with Gasteiger partial charge in [0.2, 0.25) is 0 Å². The summed E-state index contributed by atoms with van der Waals surface area (Å²) in [4.78, 5) is 11.0. The standard InChI is InChI=1S/C18H18O3.2C2H6/c1-21-16-9-7-15(8-10-16)18(11-2-12-18)14-5-3-13(4-6-14)17(19)20;2*1-2/h3-10H,2,11-12H2,1H3,(H,19,20);2*1-2H3. The molecule has 1 saturated carbocycles. The number of carboxylic acids is 1. The molecular formula is C22H30O3. The first-order chi connectivity index (χ1) is 12.2. The molecule has 0 atom stereocenters. The van der Waals surface area contributed by atoms with E-state index >= 15 is 0 Å². The van der Waals surface area contributed by atoms with E-state index < -0.39 is 5.97 Å². The lowest BCUT2D eigenvalue weighted by molar-refractivity contribution is 0.0697. The molecule has 0 heterocycles. The van der Waals surface area contributed by atoms with Gasteiger partial charge in [-0.05, 0) is 48.2 Å². The number of methoxy groups -OCH3 is 1. The average molecular weight is 342 g/mol. The molecule has 0 unspecified atom stereocenters. The van der Waals surface area contributed by atoms with Gasteiger partial charge in [-0.1, -0.05) is 58.4 Å². The largest absolute Gasteiger partial charge is 0.497 e. The van der Waals surface area contributed by atoms with Gasteiger partial charge in [0.1, 0.15) is 5.75 Å². The fourth-order valence-electron chi connectivity index (χ4n) is 3.12. The molecule has 0 aliphatic heterocycles. The number of hydrogen-bond donors (Lipinski definition) is 1. The Morgan fingerprint density at radius 3 is 1.64 bits per heavy atom. The van der Waals surface area contributed by atoms with E-state index in [1.807, 2.05) is 52.0 Å². The van der Waals surface area contributed by atoms with Crippen LogP contribution < -0.4 is 4.74 Å². The van der Waals surface area contributed by atoms with Crippen LogP contribution in [0.3, 0.4) is 0 Å². The van der Waals surface area contributed by atoms with Crippen molar-refractivity contribution in [1.82, 2.24) is 0 Å². The highest BCUT2D eigenvalue weighted by Crippen LogP contribution is 2.49. The smallest absolute Gasteiger partial charge is 0.335 e. The Morgan fingerprint density at radius 2 is 1.32 bits per heavy atom. The number of carbonyl (C=O) groups is 1. The molecular weight excluding hydrogens is 312 g/mol. The summed E-state index contributed by atoms with van der Waals surface area (Å²) in [6.45, 7) is 8.00. The molecule has 3 heteroatoms. The zero-order chi connectivity index (χ0) is 18.9. The zero-order valence-corrected chi connectivity index (χ0v) is 16.0. The normalized spacial score (nSPS) is 14.0. The molecule has 0 saturated heterocycles. The molecule has 2 aromatic carbocycles. The van der Waals surface area contributed by atoms with Gasteiger partial charge in [0.15, 0.2) is 0 Å². The lowest BCUT2D eigenvalue weighted by atomic mass is 9.60. The van der Waals surface area contributed by atoms with Gasteiger partial charge in [-0.25, -0.2) is 4.79 Å². The zero-order valence-electron chi connectivity index (χ0n) is 16.0. The summed E-state index contributed by atoms with van der Waals surface area (Å²) in [5, 5.41) is 9.01. The fraction of sp³-hybridized carbons (Fsp3) is 0.409. The van der Waals surface area contributed by atoms with Crippen molar-refractivity contribution < 1.29 is 14.6 Å². The number of carboxylic acid groups (broad SMARTS) is 1. The molecule has 1 N–H and O–H groups in total. The molecule has 2 aromatic rings. The van der Waals surface area contributed by atoms with Crippen molar-refractivity contribution >= 4 is 5.97 Å². The highest BCUT2D eigenvalue weighted by Gasteiger charge is 2.40. The van der Waals surface area contributed by atoms with Crippen LogP contribution in [-0.4, -0.2) is 18.2 Å². The van der Waals surface area contributed by atoms with E-state index in [9.17, 15) is 4.79 Å². The van der Waals surface area contributed by atoms with Crippen LogP contribution >= 0.6 is 0 Å². The summed E-state index contributed by atoms with van der Waals surface area (Å²) in [6, 6.07) is 15.5. The van der Waals surface area contributed by atoms with Gasteiger partial charge in [0, 0.05) is 5.41 Å². The third-order valence-corrected chi connectivity index (χ3v) is 4.53. The minimum Gasteiger partial charge on any atom is -0.497 e. The molecule has 1 fully saturated rings. The number of aromatic carboxylic acids is 1. The molecule has 0 bridgehead atoms. The quantitative estimate of drug-likeness (QED) is 0.750. The Kier molecular flexibility index (Phi) is 8.20. The van der Waals surface area contributed by atoms with Crippen molar-refractivity contribution in [3.63, 3.8) is 0 Å². The van der Waals surface area contributed by atoms with Crippen molar-refractivity contribution in [2.45, 2.75) is 52.4 Å². The van der Waals surface area contributed by atoms with Gasteiger partial charge in [0.25, 0.3) is 0 Å². The maximum atomic E-state index is 11.0. The lowest BCUT2D eigenvalue weighted by Crippen LogP contribution is -2.35. The first-order valence-corrected chi connectivity index (χ1v) is 9.14. The topological polar surface area (TPSA) is 46.5 Å². The second-order valence-corrected chi connectivity index (χ2v) is 5.55. The SMILES string of the molecule is CC.CC.COc1ccc(C2(c3ccc(C(=O)O)cc3)CCC2)cc1. The van der Waals surface area contributed by atoms with Gasteiger partial charge in [0.05, 0.1) is 12.7 Å². The first kappa shape index (κ1) is 20.8. The summed E-state index contributed by atoms with van der Waals surface area (Å²) in [7, 11) is 1.67. The average Bonchev–Trinajstić information content (AvgIpc) is 2.65. The highest BCUT2D eigenvalue weighted by molar-refractivity contribution is 5.87. The Labute approximate surface area is 151 Å². The van der Waals surface area contributed by atoms with Gasteiger partial charge in [-0.15, -0.1) is 0 Å². The van der Waals surface area contributed by atoms with Crippen molar-refractivity contribution in [3.8, 4) is 5.75 Å². The van der Waals surface area contributed by atoms with Crippen LogP contribution in [0, 0.1) is 0 Å². The minimum absolute atomic E-state index is 0.0311. The minimum atomic E-state index is -0.881. The Bertz CT molecular complexity index is 638. The van der Waals surface area contributed by atoms with Crippen molar-refractivity contribution in [2.75, 3.05) is 7.11 Å². The van der Waals surface area contributed by atoms with E-state index in [1.165, 1.54) is 17.5 Å². The van der Waals surface area contributed by atoms with Gasteiger partial charge >= 0.3 is 5.97 Å². The third-order valence-electron chi connectivity index (χ3n) is 4.53. The van der Waals surface area contributed by atoms with E-state index in [-0.39, 0.29) is 5.41 Å². The number of hydrogen-bond acceptors (Lipinski definition) is 2. The summed E-state index contributed by atoms with van der Waals surface area (Å²) in [5.41, 5.74) is 2.84. The fourth-order valence-corrected chi connectivity index (χ4v) is 3.12. The van der Waals surface area contributed by atoms with Crippen LogP contribution in [0.4, 0.5) is 0 Å². The van der Waals surface area contributed by atoms with E-state index in [1.54, 1.807) is 19.2 Å². The van der Waals surface area contributed by atoms with E-state index in [0.29, 0.717) is 5.56 Å². The molecule has 0 amide bonds. The van der Waals surface area contributed by atoms with Crippen LogP contribution in [-0.2, 0) is 5.41 Å².